The first kappa shape index (κ1) is 13.5. The zero-order chi connectivity index (χ0) is 13.1. The molecule has 0 saturated carbocycles. The minimum atomic E-state index is -3.45. The van der Waals surface area contributed by atoms with E-state index in [9.17, 15) is 13.2 Å². The zero-order valence-electron chi connectivity index (χ0n) is 10.0. The Bertz CT molecular complexity index is 509. The van der Waals surface area contributed by atoms with E-state index >= 15 is 0 Å². The second kappa shape index (κ2) is 5.18. The van der Waals surface area contributed by atoms with E-state index in [2.05, 4.69) is 10.0 Å². The lowest BCUT2D eigenvalue weighted by Crippen LogP contribution is -2.25. The zero-order valence-corrected chi connectivity index (χ0v) is 10.8. The van der Waals surface area contributed by atoms with Crippen molar-refractivity contribution in [1.29, 1.82) is 0 Å². The number of nitrogens with one attached hydrogen (secondary N) is 2. The molecule has 0 aliphatic carbocycles. The predicted octanol–water partition coefficient (Wildman–Crippen LogP) is 1.20. The van der Waals surface area contributed by atoms with Crippen LogP contribution in [0.2, 0.25) is 0 Å². The molecule has 0 saturated heterocycles. The molecule has 0 radical (unpaired) electrons. The van der Waals surface area contributed by atoms with Crippen LogP contribution in [0.3, 0.4) is 0 Å². The second-order valence-corrected chi connectivity index (χ2v) is 6.06. The van der Waals surface area contributed by atoms with Gasteiger partial charge in [-0.05, 0) is 26.0 Å². The normalized spacial score (nSPS) is 11.3. The van der Waals surface area contributed by atoms with E-state index in [1.165, 1.54) is 7.05 Å². The van der Waals surface area contributed by atoms with Crippen LogP contribution in [0, 0.1) is 0 Å². The molecule has 0 atom stereocenters. The molecule has 94 valence electrons. The average molecular weight is 256 g/mol. The van der Waals surface area contributed by atoms with Gasteiger partial charge in [0.1, 0.15) is 0 Å². The maximum Gasteiger partial charge on any atom is 0.253 e. The van der Waals surface area contributed by atoms with Crippen LogP contribution in [0.15, 0.2) is 24.3 Å². The first-order valence-electron chi connectivity index (χ1n) is 5.21. The summed E-state index contributed by atoms with van der Waals surface area (Å²) in [5, 5.41) is 1.91. The first-order valence-corrected chi connectivity index (χ1v) is 6.76. The van der Waals surface area contributed by atoms with Gasteiger partial charge in [-0.1, -0.05) is 12.1 Å². The third kappa shape index (κ3) is 3.20. The highest BCUT2D eigenvalue weighted by molar-refractivity contribution is 7.93. The molecule has 1 aromatic carbocycles. The van der Waals surface area contributed by atoms with Gasteiger partial charge in [-0.2, -0.15) is 0 Å². The summed E-state index contributed by atoms with van der Waals surface area (Å²) >= 11 is 0. The summed E-state index contributed by atoms with van der Waals surface area (Å²) in [5.41, 5.74) is 0.597. The van der Waals surface area contributed by atoms with Crippen LogP contribution in [-0.2, 0) is 10.0 Å². The van der Waals surface area contributed by atoms with Crippen molar-refractivity contribution in [3.63, 3.8) is 0 Å². The fourth-order valence-corrected chi connectivity index (χ4v) is 1.90. The van der Waals surface area contributed by atoms with Crippen molar-refractivity contribution in [2.45, 2.75) is 19.1 Å². The lowest BCUT2D eigenvalue weighted by Gasteiger charge is -2.13. The molecule has 1 amide bonds. The third-order valence-electron chi connectivity index (χ3n) is 2.27. The van der Waals surface area contributed by atoms with Crippen molar-refractivity contribution in [2.24, 2.45) is 0 Å². The molecule has 1 rings (SSSR count). The summed E-state index contributed by atoms with van der Waals surface area (Å²) < 4.78 is 25.9. The molecule has 0 unspecified atom stereocenters. The number of para-hydroxylation sites is 1. The summed E-state index contributed by atoms with van der Waals surface area (Å²) in [7, 11) is -1.95. The summed E-state index contributed by atoms with van der Waals surface area (Å²) in [4.78, 5) is 11.5. The highest BCUT2D eigenvalue weighted by Gasteiger charge is 2.18. The number of carbonyl (C=O) groups excluding carboxylic acids is 1. The van der Waals surface area contributed by atoms with E-state index in [0.29, 0.717) is 11.3 Å². The lowest BCUT2D eigenvalue weighted by atomic mass is 10.2. The molecule has 2 N–H and O–H groups in total. The number of carbonyl (C=O) groups is 1. The molecule has 0 aliphatic rings. The standard InChI is InChI=1S/C11H16N2O3S/c1-8(2)17(15,16)13-10-7-5-4-6-9(10)11(14)12-3/h4-8,13H,1-3H3,(H,12,14). The van der Waals surface area contributed by atoms with Gasteiger partial charge in [-0.3, -0.25) is 9.52 Å². The summed E-state index contributed by atoms with van der Waals surface area (Å²) in [6.07, 6.45) is 0. The Morgan fingerprint density at radius 2 is 1.82 bits per heavy atom. The van der Waals surface area contributed by atoms with Crippen LogP contribution in [-0.4, -0.2) is 26.6 Å². The Morgan fingerprint density at radius 1 is 1.24 bits per heavy atom. The Morgan fingerprint density at radius 3 is 2.35 bits per heavy atom. The van der Waals surface area contributed by atoms with Crippen molar-refractivity contribution in [1.82, 2.24) is 5.32 Å². The number of amides is 1. The maximum atomic E-state index is 11.7. The Kier molecular flexibility index (Phi) is 4.11. The van der Waals surface area contributed by atoms with E-state index < -0.39 is 15.3 Å². The number of sulfonamides is 1. The van der Waals surface area contributed by atoms with Crippen LogP contribution in [0.1, 0.15) is 24.2 Å². The molecule has 6 heteroatoms. The smallest absolute Gasteiger partial charge is 0.253 e. The summed E-state index contributed by atoms with van der Waals surface area (Å²) in [5.74, 6) is -0.327. The van der Waals surface area contributed by atoms with Gasteiger partial charge in [0.05, 0.1) is 16.5 Å². The van der Waals surface area contributed by atoms with E-state index in [0.717, 1.165) is 0 Å². The Hall–Kier alpha value is -1.56. The van der Waals surface area contributed by atoms with Crippen molar-refractivity contribution in [3.8, 4) is 0 Å². The van der Waals surface area contributed by atoms with E-state index in [4.69, 9.17) is 0 Å². The van der Waals surface area contributed by atoms with Gasteiger partial charge in [0, 0.05) is 7.05 Å². The molecular weight excluding hydrogens is 240 g/mol. The molecule has 0 aliphatic heterocycles. The molecule has 0 fully saturated rings. The minimum Gasteiger partial charge on any atom is -0.355 e. The van der Waals surface area contributed by atoms with Crippen LogP contribution in [0.4, 0.5) is 5.69 Å². The second-order valence-electron chi connectivity index (χ2n) is 3.82. The molecule has 0 heterocycles. The van der Waals surface area contributed by atoms with Crippen molar-refractivity contribution < 1.29 is 13.2 Å². The van der Waals surface area contributed by atoms with E-state index in [1.54, 1.807) is 38.1 Å². The monoisotopic (exact) mass is 256 g/mol. The van der Waals surface area contributed by atoms with Gasteiger partial charge in [0.15, 0.2) is 0 Å². The largest absolute Gasteiger partial charge is 0.355 e. The van der Waals surface area contributed by atoms with Crippen LogP contribution in [0.5, 0.6) is 0 Å². The van der Waals surface area contributed by atoms with Gasteiger partial charge in [0.2, 0.25) is 10.0 Å². The van der Waals surface area contributed by atoms with Crippen molar-refractivity contribution >= 4 is 21.6 Å². The van der Waals surface area contributed by atoms with Gasteiger partial charge >= 0.3 is 0 Å². The molecule has 0 bridgehead atoms. The predicted molar refractivity (Wildman–Crippen MR) is 67.5 cm³/mol. The van der Waals surface area contributed by atoms with Crippen LogP contribution < -0.4 is 10.0 Å². The molecular formula is C11H16N2O3S. The van der Waals surface area contributed by atoms with E-state index in [-0.39, 0.29) is 5.91 Å². The van der Waals surface area contributed by atoms with Gasteiger partial charge in [0.25, 0.3) is 5.91 Å². The fourth-order valence-electron chi connectivity index (χ4n) is 1.18. The quantitative estimate of drug-likeness (QED) is 0.850. The molecule has 0 spiro atoms. The minimum absolute atomic E-state index is 0.292. The highest BCUT2D eigenvalue weighted by atomic mass is 32.2. The average Bonchev–Trinajstić information content (AvgIpc) is 2.28. The van der Waals surface area contributed by atoms with Gasteiger partial charge < -0.3 is 5.32 Å². The molecule has 5 nitrogen and oxygen atoms in total. The SMILES string of the molecule is CNC(=O)c1ccccc1NS(=O)(=O)C(C)C. The number of hydrogen-bond donors (Lipinski definition) is 2. The van der Waals surface area contributed by atoms with E-state index in [1.807, 2.05) is 0 Å². The van der Waals surface area contributed by atoms with Crippen LogP contribution >= 0.6 is 0 Å². The number of benzene rings is 1. The molecule has 17 heavy (non-hydrogen) atoms. The topological polar surface area (TPSA) is 75.3 Å². The molecule has 0 aromatic heterocycles. The molecule has 1 aromatic rings. The van der Waals surface area contributed by atoms with Crippen molar-refractivity contribution in [2.75, 3.05) is 11.8 Å². The maximum absolute atomic E-state index is 11.7. The lowest BCUT2D eigenvalue weighted by molar-refractivity contribution is 0.0964. The number of anilines is 1. The fraction of sp³-hybridized carbons (Fsp3) is 0.364. The number of hydrogen-bond acceptors (Lipinski definition) is 3. The van der Waals surface area contributed by atoms with Gasteiger partial charge in [-0.15, -0.1) is 0 Å². The number of rotatable bonds is 4. The van der Waals surface area contributed by atoms with Crippen molar-refractivity contribution in [3.05, 3.63) is 29.8 Å². The van der Waals surface area contributed by atoms with Crippen LogP contribution in [0.25, 0.3) is 0 Å². The first-order chi connectivity index (χ1) is 7.88. The Balaban J connectivity index is 3.12. The summed E-state index contributed by atoms with van der Waals surface area (Å²) in [6.45, 7) is 3.15. The Labute approximate surface area is 101 Å². The van der Waals surface area contributed by atoms with Gasteiger partial charge in [-0.25, -0.2) is 8.42 Å². The third-order valence-corrected chi connectivity index (χ3v) is 4.02. The highest BCUT2D eigenvalue weighted by Crippen LogP contribution is 2.17. The summed E-state index contributed by atoms with van der Waals surface area (Å²) in [6, 6.07) is 6.48.